The minimum absolute atomic E-state index is 0.0411. The van der Waals surface area contributed by atoms with Gasteiger partial charge in [0, 0.05) is 29.6 Å². The average molecular weight is 590 g/mol. The van der Waals surface area contributed by atoms with Gasteiger partial charge in [-0.05, 0) is 92.2 Å². The molecule has 0 N–H and O–H groups in total. The van der Waals surface area contributed by atoms with Crippen LogP contribution in [0.4, 0.5) is 0 Å². The van der Waals surface area contributed by atoms with Crippen LogP contribution in [0.15, 0.2) is 72.8 Å². The van der Waals surface area contributed by atoms with Crippen LogP contribution in [0.1, 0.15) is 98.4 Å². The van der Waals surface area contributed by atoms with Crippen molar-refractivity contribution >= 4 is 23.4 Å². The molecule has 1 atom stereocenters. The molecule has 0 bridgehead atoms. The van der Waals surface area contributed by atoms with Gasteiger partial charge >= 0.3 is 5.97 Å². The number of likely N-dealkylation sites (tertiary alicyclic amines) is 1. The third kappa shape index (κ3) is 9.99. The Bertz CT molecular complexity index is 1280. The monoisotopic (exact) mass is 589 g/mol. The standard InChI is InChI=1S/C36H44ClNO4/c1-3-4-5-6-7-14-35(42-27(2)39)31-11-8-10-29(23-31)25-38-21-19-28(20-22-38)26-41-34-13-9-12-32(24-34)36(40)30-15-17-33(37)18-16-30/h8-13,15-18,23-24,28,35H,3-7,14,19-22,25-26H2,1-2H3/t35-/m0/s1. The average Bonchev–Trinajstić information content (AvgIpc) is 3.00. The van der Waals surface area contributed by atoms with E-state index in [4.69, 9.17) is 21.1 Å². The van der Waals surface area contributed by atoms with Crippen LogP contribution in [0.2, 0.25) is 5.02 Å². The number of carbonyl (C=O) groups excluding carboxylic acids is 2. The van der Waals surface area contributed by atoms with E-state index in [0.29, 0.717) is 28.7 Å². The summed E-state index contributed by atoms with van der Waals surface area (Å²) in [6.07, 6.45) is 8.80. The summed E-state index contributed by atoms with van der Waals surface area (Å²) in [5, 5.41) is 0.611. The second kappa shape index (κ2) is 16.5. The minimum atomic E-state index is -0.219. The Labute approximate surface area is 256 Å². The lowest BCUT2D eigenvalue weighted by Gasteiger charge is -2.32. The lowest BCUT2D eigenvalue weighted by Crippen LogP contribution is -2.35. The molecule has 3 aromatic carbocycles. The highest BCUT2D eigenvalue weighted by molar-refractivity contribution is 6.30. The molecule has 5 nitrogen and oxygen atoms in total. The van der Waals surface area contributed by atoms with E-state index in [1.54, 1.807) is 24.3 Å². The molecule has 0 amide bonds. The molecule has 3 aromatic rings. The molecule has 1 heterocycles. The van der Waals surface area contributed by atoms with Crippen molar-refractivity contribution in [3.8, 4) is 5.75 Å². The van der Waals surface area contributed by atoms with Crippen LogP contribution in [0.3, 0.4) is 0 Å². The van der Waals surface area contributed by atoms with Crippen molar-refractivity contribution in [1.29, 1.82) is 0 Å². The summed E-state index contributed by atoms with van der Waals surface area (Å²) in [4.78, 5) is 27.1. The number of carbonyl (C=O) groups is 2. The number of halogens is 1. The first kappa shape index (κ1) is 31.8. The predicted octanol–water partition coefficient (Wildman–Crippen LogP) is 8.83. The van der Waals surface area contributed by atoms with Gasteiger partial charge in [-0.15, -0.1) is 0 Å². The highest BCUT2D eigenvalue weighted by Crippen LogP contribution is 2.27. The Morgan fingerprint density at radius 1 is 0.905 bits per heavy atom. The SMILES string of the molecule is CCCCCCC[C@H](OC(C)=O)c1cccc(CN2CCC(COc3cccc(C(=O)c4ccc(Cl)cc4)c3)CC2)c1. The van der Waals surface area contributed by atoms with Crippen LogP contribution in [-0.2, 0) is 16.1 Å². The third-order valence-corrected chi connectivity index (χ3v) is 8.25. The zero-order valence-corrected chi connectivity index (χ0v) is 25.8. The summed E-state index contributed by atoms with van der Waals surface area (Å²) in [6.45, 7) is 7.28. The maximum Gasteiger partial charge on any atom is 0.303 e. The number of piperidine rings is 1. The number of rotatable bonds is 15. The van der Waals surface area contributed by atoms with Crippen LogP contribution < -0.4 is 4.74 Å². The van der Waals surface area contributed by atoms with Gasteiger partial charge in [0.1, 0.15) is 11.9 Å². The van der Waals surface area contributed by atoms with Crippen LogP contribution >= 0.6 is 11.6 Å². The molecule has 1 aliphatic rings. The van der Waals surface area contributed by atoms with Gasteiger partial charge in [0.05, 0.1) is 6.61 Å². The van der Waals surface area contributed by atoms with E-state index in [1.165, 1.54) is 38.2 Å². The van der Waals surface area contributed by atoms with Crippen molar-refractivity contribution in [1.82, 2.24) is 4.90 Å². The fraction of sp³-hybridized carbons (Fsp3) is 0.444. The Hall–Kier alpha value is -3.15. The number of benzene rings is 3. The topological polar surface area (TPSA) is 55.8 Å². The summed E-state index contributed by atoms with van der Waals surface area (Å²) in [6, 6.07) is 22.9. The number of ketones is 1. The molecule has 224 valence electrons. The summed E-state index contributed by atoms with van der Waals surface area (Å²) in [5.41, 5.74) is 3.57. The van der Waals surface area contributed by atoms with Crippen molar-refractivity contribution in [3.63, 3.8) is 0 Å². The minimum Gasteiger partial charge on any atom is -0.493 e. The highest BCUT2D eigenvalue weighted by Gasteiger charge is 2.21. The first-order valence-corrected chi connectivity index (χ1v) is 15.8. The van der Waals surface area contributed by atoms with Crippen molar-refractivity contribution in [3.05, 3.63) is 100 Å². The van der Waals surface area contributed by atoms with Gasteiger partial charge in [0.25, 0.3) is 0 Å². The molecule has 0 saturated carbocycles. The van der Waals surface area contributed by atoms with Gasteiger partial charge in [-0.1, -0.05) is 80.6 Å². The lowest BCUT2D eigenvalue weighted by atomic mass is 9.96. The van der Waals surface area contributed by atoms with E-state index in [-0.39, 0.29) is 17.9 Å². The van der Waals surface area contributed by atoms with Gasteiger partial charge in [0.2, 0.25) is 0 Å². The zero-order chi connectivity index (χ0) is 29.7. The van der Waals surface area contributed by atoms with Crippen LogP contribution in [0.5, 0.6) is 5.75 Å². The molecule has 0 radical (unpaired) electrons. The molecule has 0 unspecified atom stereocenters. The van der Waals surface area contributed by atoms with E-state index in [0.717, 1.165) is 56.6 Å². The van der Waals surface area contributed by atoms with Gasteiger partial charge in [-0.3, -0.25) is 14.5 Å². The van der Waals surface area contributed by atoms with Crippen molar-refractivity contribution < 1.29 is 19.1 Å². The predicted molar refractivity (Wildman–Crippen MR) is 169 cm³/mol. The van der Waals surface area contributed by atoms with Gasteiger partial charge in [-0.25, -0.2) is 0 Å². The quantitative estimate of drug-likeness (QED) is 0.101. The molecular weight excluding hydrogens is 546 g/mol. The normalized spacial score (nSPS) is 14.8. The van der Waals surface area contributed by atoms with Gasteiger partial charge in [0.15, 0.2) is 5.78 Å². The van der Waals surface area contributed by atoms with E-state index in [9.17, 15) is 9.59 Å². The number of hydrogen-bond acceptors (Lipinski definition) is 5. The molecule has 4 rings (SSSR count). The lowest BCUT2D eigenvalue weighted by molar-refractivity contribution is -0.147. The largest absolute Gasteiger partial charge is 0.493 e. The maximum absolute atomic E-state index is 12.9. The molecule has 0 aromatic heterocycles. The fourth-order valence-corrected chi connectivity index (χ4v) is 5.72. The second-order valence-corrected chi connectivity index (χ2v) is 11.9. The number of ether oxygens (including phenoxy) is 2. The Kier molecular flexibility index (Phi) is 12.5. The van der Waals surface area contributed by atoms with Crippen molar-refractivity contribution in [2.45, 2.75) is 77.9 Å². The first-order chi connectivity index (χ1) is 20.4. The Morgan fingerprint density at radius 2 is 1.64 bits per heavy atom. The summed E-state index contributed by atoms with van der Waals surface area (Å²) >= 11 is 5.96. The number of nitrogens with zero attached hydrogens (tertiary/aromatic N) is 1. The van der Waals surface area contributed by atoms with E-state index in [1.807, 2.05) is 24.3 Å². The highest BCUT2D eigenvalue weighted by atomic mass is 35.5. The molecule has 6 heteroatoms. The molecular formula is C36H44ClNO4. The Morgan fingerprint density at radius 3 is 2.38 bits per heavy atom. The molecule has 1 aliphatic heterocycles. The number of esters is 1. The molecule has 1 fully saturated rings. The zero-order valence-electron chi connectivity index (χ0n) is 25.0. The van der Waals surface area contributed by atoms with Crippen LogP contribution in [0, 0.1) is 5.92 Å². The third-order valence-electron chi connectivity index (χ3n) is 8.00. The maximum atomic E-state index is 12.9. The van der Waals surface area contributed by atoms with E-state index < -0.39 is 0 Å². The number of hydrogen-bond donors (Lipinski definition) is 0. The van der Waals surface area contributed by atoms with Gasteiger partial charge < -0.3 is 9.47 Å². The summed E-state index contributed by atoms with van der Waals surface area (Å²) in [7, 11) is 0. The van der Waals surface area contributed by atoms with Crippen molar-refractivity contribution in [2.24, 2.45) is 5.92 Å². The van der Waals surface area contributed by atoms with Crippen molar-refractivity contribution in [2.75, 3.05) is 19.7 Å². The molecule has 42 heavy (non-hydrogen) atoms. The second-order valence-electron chi connectivity index (χ2n) is 11.4. The smallest absolute Gasteiger partial charge is 0.303 e. The summed E-state index contributed by atoms with van der Waals surface area (Å²) < 4.78 is 11.9. The van der Waals surface area contributed by atoms with E-state index in [2.05, 4.69) is 36.1 Å². The van der Waals surface area contributed by atoms with E-state index >= 15 is 0 Å². The van der Waals surface area contributed by atoms with Crippen LogP contribution in [0.25, 0.3) is 0 Å². The Balaban J connectivity index is 1.25. The molecule has 1 saturated heterocycles. The number of unbranched alkanes of at least 4 members (excludes halogenated alkanes) is 4. The summed E-state index contributed by atoms with van der Waals surface area (Å²) in [5.74, 6) is 0.940. The molecule has 0 spiro atoms. The van der Waals surface area contributed by atoms with Crippen LogP contribution in [-0.4, -0.2) is 36.3 Å². The van der Waals surface area contributed by atoms with Gasteiger partial charge in [-0.2, -0.15) is 0 Å². The first-order valence-electron chi connectivity index (χ1n) is 15.4. The molecule has 0 aliphatic carbocycles. The fourth-order valence-electron chi connectivity index (χ4n) is 5.60.